The first-order valence-corrected chi connectivity index (χ1v) is 7.40. The average Bonchev–Trinajstić information content (AvgIpc) is 2.54. The van der Waals surface area contributed by atoms with Gasteiger partial charge in [-0.2, -0.15) is 0 Å². The zero-order valence-electron chi connectivity index (χ0n) is 13.6. The van der Waals surface area contributed by atoms with Gasteiger partial charge in [0.05, 0.1) is 26.0 Å². The number of aryl methyl sites for hydroxylation is 1. The Morgan fingerprint density at radius 1 is 1.22 bits per heavy atom. The molecule has 2 rings (SSSR count). The van der Waals surface area contributed by atoms with Crippen molar-refractivity contribution in [3.05, 3.63) is 47.8 Å². The van der Waals surface area contributed by atoms with E-state index in [2.05, 4.69) is 15.6 Å². The van der Waals surface area contributed by atoms with Crippen LogP contribution < -0.4 is 20.1 Å². The van der Waals surface area contributed by atoms with Gasteiger partial charge in [-0.25, -0.2) is 4.79 Å². The molecule has 0 unspecified atom stereocenters. The van der Waals surface area contributed by atoms with Gasteiger partial charge in [-0.3, -0.25) is 4.98 Å². The van der Waals surface area contributed by atoms with Crippen LogP contribution in [-0.4, -0.2) is 24.7 Å². The molecule has 122 valence electrons. The van der Waals surface area contributed by atoms with Crippen LogP contribution in [-0.2, 0) is 6.54 Å². The molecule has 6 nitrogen and oxygen atoms in total. The number of hydrogen-bond donors (Lipinski definition) is 2. The predicted octanol–water partition coefficient (Wildman–Crippen LogP) is 3.12. The highest BCUT2D eigenvalue weighted by atomic mass is 16.5. The molecule has 0 aliphatic rings. The van der Waals surface area contributed by atoms with Gasteiger partial charge in [0.15, 0.2) is 11.5 Å². The second-order valence-electron chi connectivity index (χ2n) is 4.88. The summed E-state index contributed by atoms with van der Waals surface area (Å²) in [5.41, 5.74) is 2.36. The number of ether oxygens (including phenoxy) is 2. The molecule has 1 heterocycles. The van der Waals surface area contributed by atoms with E-state index in [0.717, 1.165) is 11.4 Å². The third kappa shape index (κ3) is 4.88. The first-order chi connectivity index (χ1) is 11.1. The molecule has 23 heavy (non-hydrogen) atoms. The Balaban J connectivity index is 1.95. The van der Waals surface area contributed by atoms with Gasteiger partial charge < -0.3 is 20.1 Å². The lowest BCUT2D eigenvalue weighted by molar-refractivity contribution is 0.251. The molecule has 2 N–H and O–H groups in total. The van der Waals surface area contributed by atoms with E-state index in [-0.39, 0.29) is 6.03 Å². The standard InChI is InChI=1S/C17H21N3O3/c1-4-23-16-10-13(8-9-15(16)22-3)20-17(21)18-11-14-7-5-6-12(2)19-14/h5-10H,4,11H2,1-3H3,(H2,18,20,21). The highest BCUT2D eigenvalue weighted by Crippen LogP contribution is 2.30. The van der Waals surface area contributed by atoms with Crippen LogP contribution >= 0.6 is 0 Å². The van der Waals surface area contributed by atoms with Crippen molar-refractivity contribution >= 4 is 11.7 Å². The maximum atomic E-state index is 12.0. The SMILES string of the molecule is CCOc1cc(NC(=O)NCc2cccc(C)n2)ccc1OC. The maximum Gasteiger partial charge on any atom is 0.319 e. The number of benzene rings is 1. The summed E-state index contributed by atoms with van der Waals surface area (Å²) in [6.07, 6.45) is 0. The normalized spacial score (nSPS) is 10.0. The lowest BCUT2D eigenvalue weighted by Crippen LogP contribution is -2.28. The Hall–Kier alpha value is -2.76. The molecule has 0 atom stereocenters. The monoisotopic (exact) mass is 315 g/mol. The molecule has 0 aliphatic carbocycles. The maximum absolute atomic E-state index is 12.0. The average molecular weight is 315 g/mol. The number of methoxy groups -OCH3 is 1. The smallest absolute Gasteiger partial charge is 0.319 e. The van der Waals surface area contributed by atoms with Crippen LogP contribution in [0.1, 0.15) is 18.3 Å². The van der Waals surface area contributed by atoms with E-state index < -0.39 is 0 Å². The van der Waals surface area contributed by atoms with Gasteiger partial charge in [0.25, 0.3) is 0 Å². The van der Waals surface area contributed by atoms with Gasteiger partial charge in [0.1, 0.15) is 0 Å². The van der Waals surface area contributed by atoms with Crippen molar-refractivity contribution in [1.29, 1.82) is 0 Å². The third-order valence-corrected chi connectivity index (χ3v) is 3.10. The van der Waals surface area contributed by atoms with Crippen LogP contribution in [0.5, 0.6) is 11.5 Å². The number of anilines is 1. The van der Waals surface area contributed by atoms with Gasteiger partial charge in [0, 0.05) is 17.4 Å². The number of amides is 2. The van der Waals surface area contributed by atoms with Crippen LogP contribution in [0, 0.1) is 6.92 Å². The van der Waals surface area contributed by atoms with Gasteiger partial charge >= 0.3 is 6.03 Å². The summed E-state index contributed by atoms with van der Waals surface area (Å²) in [6.45, 7) is 4.68. The fourth-order valence-electron chi connectivity index (χ4n) is 2.07. The van der Waals surface area contributed by atoms with E-state index in [1.807, 2.05) is 32.0 Å². The Bertz CT molecular complexity index is 674. The Morgan fingerprint density at radius 3 is 2.74 bits per heavy atom. The largest absolute Gasteiger partial charge is 0.493 e. The second kappa shape index (κ2) is 8.03. The van der Waals surface area contributed by atoms with Crippen LogP contribution in [0.3, 0.4) is 0 Å². The summed E-state index contributed by atoms with van der Waals surface area (Å²) >= 11 is 0. The molecule has 0 bridgehead atoms. The van der Waals surface area contributed by atoms with Gasteiger partial charge in [-0.15, -0.1) is 0 Å². The molecule has 0 spiro atoms. The minimum Gasteiger partial charge on any atom is -0.493 e. The number of carbonyl (C=O) groups is 1. The van der Waals surface area contributed by atoms with E-state index in [4.69, 9.17) is 9.47 Å². The number of rotatable bonds is 6. The molecular formula is C17H21N3O3. The van der Waals surface area contributed by atoms with Gasteiger partial charge in [-0.1, -0.05) is 6.07 Å². The van der Waals surface area contributed by atoms with Crippen molar-refractivity contribution in [3.8, 4) is 11.5 Å². The van der Waals surface area contributed by atoms with E-state index >= 15 is 0 Å². The van der Waals surface area contributed by atoms with Crippen LogP contribution in [0.4, 0.5) is 10.5 Å². The fraction of sp³-hybridized carbons (Fsp3) is 0.294. The quantitative estimate of drug-likeness (QED) is 0.859. The summed E-state index contributed by atoms with van der Waals surface area (Å²) in [5.74, 6) is 1.22. The highest BCUT2D eigenvalue weighted by Gasteiger charge is 2.08. The zero-order valence-corrected chi connectivity index (χ0v) is 13.6. The minimum atomic E-state index is -0.305. The number of hydrogen-bond acceptors (Lipinski definition) is 4. The molecule has 1 aromatic carbocycles. The van der Waals surface area contributed by atoms with Gasteiger partial charge in [-0.05, 0) is 38.1 Å². The highest BCUT2D eigenvalue weighted by molar-refractivity contribution is 5.89. The van der Waals surface area contributed by atoms with Gasteiger partial charge in [0.2, 0.25) is 0 Å². The molecule has 0 saturated heterocycles. The number of carbonyl (C=O) groups excluding carboxylic acids is 1. The first-order valence-electron chi connectivity index (χ1n) is 7.40. The van der Waals surface area contributed by atoms with Crippen LogP contribution in [0.25, 0.3) is 0 Å². The van der Waals surface area contributed by atoms with Crippen molar-refractivity contribution in [2.24, 2.45) is 0 Å². The second-order valence-corrected chi connectivity index (χ2v) is 4.88. The molecular weight excluding hydrogens is 294 g/mol. The molecule has 1 aromatic heterocycles. The lowest BCUT2D eigenvalue weighted by Gasteiger charge is -2.12. The van der Waals surface area contributed by atoms with Crippen LogP contribution in [0.2, 0.25) is 0 Å². The summed E-state index contributed by atoms with van der Waals surface area (Å²) < 4.78 is 10.7. The molecule has 0 saturated carbocycles. The molecule has 6 heteroatoms. The van der Waals surface area contributed by atoms with Crippen molar-refractivity contribution in [2.75, 3.05) is 19.0 Å². The number of aromatic nitrogens is 1. The van der Waals surface area contributed by atoms with Crippen LogP contribution in [0.15, 0.2) is 36.4 Å². The summed E-state index contributed by atoms with van der Waals surface area (Å²) in [7, 11) is 1.58. The molecule has 0 aliphatic heterocycles. The van der Waals surface area contributed by atoms with E-state index in [9.17, 15) is 4.79 Å². The summed E-state index contributed by atoms with van der Waals surface area (Å²) in [4.78, 5) is 16.3. The zero-order chi connectivity index (χ0) is 16.7. The minimum absolute atomic E-state index is 0.305. The Kier molecular flexibility index (Phi) is 5.80. The number of pyridine rings is 1. The van der Waals surface area contributed by atoms with Crippen molar-refractivity contribution in [3.63, 3.8) is 0 Å². The third-order valence-electron chi connectivity index (χ3n) is 3.10. The topological polar surface area (TPSA) is 72.5 Å². The lowest BCUT2D eigenvalue weighted by atomic mass is 10.2. The number of urea groups is 1. The predicted molar refractivity (Wildman–Crippen MR) is 89.0 cm³/mol. The molecule has 2 aromatic rings. The van der Waals surface area contributed by atoms with E-state index in [1.54, 1.807) is 25.3 Å². The molecule has 0 radical (unpaired) electrons. The first kappa shape index (κ1) is 16.6. The van der Waals surface area contributed by atoms with Crippen molar-refractivity contribution in [2.45, 2.75) is 20.4 Å². The fourth-order valence-corrected chi connectivity index (χ4v) is 2.07. The number of nitrogens with one attached hydrogen (secondary N) is 2. The van der Waals surface area contributed by atoms with E-state index in [1.165, 1.54) is 0 Å². The van der Waals surface area contributed by atoms with E-state index in [0.29, 0.717) is 30.3 Å². The molecule has 2 amide bonds. The Labute approximate surface area is 135 Å². The Morgan fingerprint density at radius 2 is 2.04 bits per heavy atom. The summed E-state index contributed by atoms with van der Waals surface area (Å²) in [5, 5.41) is 5.53. The van der Waals surface area contributed by atoms with Crippen molar-refractivity contribution < 1.29 is 14.3 Å². The number of nitrogens with zero attached hydrogens (tertiary/aromatic N) is 1. The van der Waals surface area contributed by atoms with Crippen molar-refractivity contribution in [1.82, 2.24) is 10.3 Å². The summed E-state index contributed by atoms with van der Waals surface area (Å²) in [6, 6.07) is 10.6. The molecule has 0 fully saturated rings.